The van der Waals surface area contributed by atoms with E-state index in [2.05, 4.69) is 9.62 Å². The maximum atomic E-state index is 12.4. The molecule has 8 nitrogen and oxygen atoms in total. The zero-order valence-corrected chi connectivity index (χ0v) is 17.9. The third kappa shape index (κ3) is 4.34. The second kappa shape index (κ2) is 8.40. The molecule has 162 valence electrons. The lowest BCUT2D eigenvalue weighted by Crippen LogP contribution is -2.52. The lowest BCUT2D eigenvalue weighted by Gasteiger charge is -2.40. The van der Waals surface area contributed by atoms with Gasteiger partial charge in [-0.2, -0.15) is 5.26 Å². The molecule has 0 bridgehead atoms. The van der Waals surface area contributed by atoms with E-state index in [1.807, 2.05) is 13.0 Å². The van der Waals surface area contributed by atoms with Crippen molar-refractivity contribution in [1.82, 2.24) is 9.62 Å². The molecule has 1 unspecified atom stereocenters. The SMILES string of the molecule is Cc1c(C(O)CN2CC(CNS(=O)(=O)c3ccc(C#N)cc3)C2)ccc2c1COC2=O. The second-order valence-corrected chi connectivity index (χ2v) is 9.74. The Morgan fingerprint density at radius 3 is 2.65 bits per heavy atom. The molecular weight excluding hydrogens is 418 g/mol. The molecule has 2 aromatic carbocycles. The van der Waals surface area contributed by atoms with Gasteiger partial charge in [-0.15, -0.1) is 0 Å². The Balaban J connectivity index is 1.28. The molecule has 1 saturated heterocycles. The molecule has 4 rings (SSSR count). The largest absolute Gasteiger partial charge is 0.457 e. The molecule has 0 amide bonds. The van der Waals surface area contributed by atoms with Gasteiger partial charge in [0.1, 0.15) is 6.61 Å². The first-order valence-electron chi connectivity index (χ1n) is 9.98. The molecule has 31 heavy (non-hydrogen) atoms. The highest BCUT2D eigenvalue weighted by atomic mass is 32.2. The van der Waals surface area contributed by atoms with Crippen molar-refractivity contribution < 1.29 is 23.1 Å². The normalized spacial score (nSPS) is 17.5. The smallest absolute Gasteiger partial charge is 0.338 e. The Bertz CT molecular complexity index is 1150. The Kier molecular flexibility index (Phi) is 5.81. The number of carbonyl (C=O) groups excluding carboxylic acids is 1. The van der Waals surface area contributed by atoms with Gasteiger partial charge in [0, 0.05) is 31.7 Å². The Hall–Kier alpha value is -2.77. The van der Waals surface area contributed by atoms with Gasteiger partial charge in [0.15, 0.2) is 0 Å². The highest BCUT2D eigenvalue weighted by Gasteiger charge is 2.31. The molecule has 0 radical (unpaired) electrons. The molecule has 1 fully saturated rings. The van der Waals surface area contributed by atoms with Crippen LogP contribution in [0.5, 0.6) is 0 Å². The Morgan fingerprint density at radius 2 is 1.97 bits per heavy atom. The molecule has 2 heterocycles. The summed E-state index contributed by atoms with van der Waals surface area (Å²) in [5.41, 5.74) is 3.46. The minimum atomic E-state index is -3.62. The van der Waals surface area contributed by atoms with Gasteiger partial charge < -0.3 is 9.84 Å². The van der Waals surface area contributed by atoms with Crippen LogP contribution in [0, 0.1) is 24.2 Å². The summed E-state index contributed by atoms with van der Waals surface area (Å²) in [7, 11) is -3.62. The van der Waals surface area contributed by atoms with Gasteiger partial charge in [-0.25, -0.2) is 17.9 Å². The lowest BCUT2D eigenvalue weighted by atomic mass is 9.93. The number of aliphatic hydroxyl groups is 1. The number of β-amino-alcohol motifs (C(OH)–C–C–N with tert-alkyl or cyclic N) is 1. The number of ether oxygens (including phenoxy) is 1. The topological polar surface area (TPSA) is 120 Å². The predicted molar refractivity (Wildman–Crippen MR) is 112 cm³/mol. The number of benzene rings is 2. The summed E-state index contributed by atoms with van der Waals surface area (Å²) in [5.74, 6) is -0.166. The van der Waals surface area contributed by atoms with E-state index in [0.717, 1.165) is 16.7 Å². The summed E-state index contributed by atoms with van der Waals surface area (Å²) in [5, 5.41) is 19.5. The summed E-state index contributed by atoms with van der Waals surface area (Å²) in [6, 6.07) is 11.2. The lowest BCUT2D eigenvalue weighted by molar-refractivity contribution is 0.0413. The molecule has 2 N–H and O–H groups in total. The number of sulfonamides is 1. The Morgan fingerprint density at radius 1 is 1.26 bits per heavy atom. The van der Waals surface area contributed by atoms with E-state index in [1.54, 1.807) is 12.1 Å². The maximum absolute atomic E-state index is 12.4. The number of fused-ring (bicyclic) bond motifs is 1. The van der Waals surface area contributed by atoms with E-state index in [0.29, 0.717) is 37.3 Å². The fraction of sp³-hybridized carbons (Fsp3) is 0.364. The molecule has 2 aromatic rings. The van der Waals surface area contributed by atoms with E-state index in [-0.39, 0.29) is 23.4 Å². The first-order valence-corrected chi connectivity index (χ1v) is 11.5. The summed E-state index contributed by atoms with van der Waals surface area (Å²) in [4.78, 5) is 13.9. The molecule has 1 atom stereocenters. The molecule has 9 heteroatoms. The van der Waals surface area contributed by atoms with Crippen molar-refractivity contribution in [2.24, 2.45) is 5.92 Å². The fourth-order valence-corrected chi connectivity index (χ4v) is 5.16. The fourth-order valence-electron chi connectivity index (χ4n) is 4.05. The van der Waals surface area contributed by atoms with Crippen LogP contribution in [0.15, 0.2) is 41.3 Å². The van der Waals surface area contributed by atoms with Crippen LogP contribution < -0.4 is 4.72 Å². The number of aliphatic hydroxyl groups excluding tert-OH is 1. The van der Waals surface area contributed by atoms with E-state index in [9.17, 15) is 18.3 Å². The highest BCUT2D eigenvalue weighted by molar-refractivity contribution is 7.89. The zero-order valence-electron chi connectivity index (χ0n) is 17.0. The molecule has 2 aliphatic rings. The van der Waals surface area contributed by atoms with Gasteiger partial charge >= 0.3 is 5.97 Å². The Labute approximate surface area is 181 Å². The average molecular weight is 442 g/mol. The molecular formula is C22H23N3O5S. The van der Waals surface area contributed by atoms with Crippen LogP contribution in [0.3, 0.4) is 0 Å². The monoisotopic (exact) mass is 441 g/mol. The minimum absolute atomic E-state index is 0.132. The van der Waals surface area contributed by atoms with Crippen molar-refractivity contribution in [3.05, 3.63) is 64.2 Å². The number of hydrogen-bond acceptors (Lipinski definition) is 7. The molecule has 0 aromatic heterocycles. The average Bonchev–Trinajstić information content (AvgIpc) is 3.11. The van der Waals surface area contributed by atoms with Crippen LogP contribution in [0.1, 0.15) is 38.7 Å². The quantitative estimate of drug-likeness (QED) is 0.625. The van der Waals surface area contributed by atoms with Crippen molar-refractivity contribution in [2.45, 2.75) is 24.5 Å². The van der Waals surface area contributed by atoms with Crippen LogP contribution in [0.2, 0.25) is 0 Å². The third-order valence-electron chi connectivity index (χ3n) is 5.89. The summed E-state index contributed by atoms with van der Waals surface area (Å²) in [6.45, 7) is 4.23. The number of nitrogens with one attached hydrogen (secondary N) is 1. The van der Waals surface area contributed by atoms with Crippen LogP contribution in [-0.4, -0.2) is 50.6 Å². The van der Waals surface area contributed by atoms with Crippen molar-refractivity contribution in [2.75, 3.05) is 26.2 Å². The number of likely N-dealkylation sites (tertiary alicyclic amines) is 1. The van der Waals surface area contributed by atoms with Gasteiger partial charge in [-0.05, 0) is 54.3 Å². The van der Waals surface area contributed by atoms with Gasteiger partial charge in [0.25, 0.3) is 0 Å². The van der Waals surface area contributed by atoms with Gasteiger partial charge in [-0.1, -0.05) is 6.07 Å². The van der Waals surface area contributed by atoms with E-state index in [4.69, 9.17) is 10.00 Å². The zero-order chi connectivity index (χ0) is 22.2. The number of hydrogen-bond donors (Lipinski definition) is 2. The number of carbonyl (C=O) groups is 1. The summed E-state index contributed by atoms with van der Waals surface area (Å²) >= 11 is 0. The number of nitrogens with zero attached hydrogens (tertiary/aromatic N) is 2. The predicted octanol–water partition coefficient (Wildman–Crippen LogP) is 1.48. The number of esters is 1. The van der Waals surface area contributed by atoms with Crippen molar-refractivity contribution in [1.29, 1.82) is 5.26 Å². The van der Waals surface area contributed by atoms with E-state index < -0.39 is 16.1 Å². The molecule has 0 saturated carbocycles. The highest BCUT2D eigenvalue weighted by Crippen LogP contribution is 2.30. The molecule has 0 aliphatic carbocycles. The standard InChI is InChI=1S/C22H23N3O5S/c1-14-18(6-7-19-20(14)13-30-22(19)27)21(26)12-25-10-16(11-25)9-24-31(28,29)17-4-2-15(8-23)3-5-17/h2-7,16,21,24,26H,9-13H2,1H3. The first-order chi connectivity index (χ1) is 14.8. The van der Waals surface area contributed by atoms with Crippen molar-refractivity contribution in [3.8, 4) is 6.07 Å². The maximum Gasteiger partial charge on any atom is 0.338 e. The van der Waals surface area contributed by atoms with E-state index in [1.165, 1.54) is 24.3 Å². The van der Waals surface area contributed by atoms with Crippen LogP contribution >= 0.6 is 0 Å². The second-order valence-electron chi connectivity index (χ2n) is 7.97. The number of cyclic esters (lactones) is 1. The van der Waals surface area contributed by atoms with Crippen LogP contribution in [0.25, 0.3) is 0 Å². The molecule has 0 spiro atoms. The van der Waals surface area contributed by atoms with Crippen molar-refractivity contribution in [3.63, 3.8) is 0 Å². The molecule has 2 aliphatic heterocycles. The van der Waals surface area contributed by atoms with Gasteiger partial charge in [-0.3, -0.25) is 4.90 Å². The third-order valence-corrected chi connectivity index (χ3v) is 7.33. The minimum Gasteiger partial charge on any atom is -0.457 e. The number of rotatable bonds is 7. The van der Waals surface area contributed by atoms with Crippen LogP contribution in [0.4, 0.5) is 0 Å². The van der Waals surface area contributed by atoms with Gasteiger partial charge in [0.05, 0.1) is 28.2 Å². The van der Waals surface area contributed by atoms with E-state index >= 15 is 0 Å². The number of nitriles is 1. The van der Waals surface area contributed by atoms with Crippen LogP contribution in [-0.2, 0) is 21.4 Å². The summed E-state index contributed by atoms with van der Waals surface area (Å²) in [6.07, 6.45) is -0.697. The van der Waals surface area contributed by atoms with Gasteiger partial charge in [0.2, 0.25) is 10.0 Å². The van der Waals surface area contributed by atoms with Crippen molar-refractivity contribution >= 4 is 16.0 Å². The summed E-state index contributed by atoms with van der Waals surface area (Å²) < 4.78 is 32.5. The first kappa shape index (κ1) is 21.5.